The van der Waals surface area contributed by atoms with Gasteiger partial charge in [-0.05, 0) is 93.4 Å². The van der Waals surface area contributed by atoms with Crippen molar-refractivity contribution in [1.29, 1.82) is 0 Å². The first-order chi connectivity index (χ1) is 32.8. The van der Waals surface area contributed by atoms with E-state index in [-0.39, 0.29) is 99.5 Å². The molecule has 68 heavy (non-hydrogen) atoms. The van der Waals surface area contributed by atoms with Gasteiger partial charge in [-0.1, -0.05) is 60.7 Å². The topological polar surface area (TPSA) is 156 Å². The number of rotatable bonds is 8. The molecule has 0 saturated heterocycles. The van der Waals surface area contributed by atoms with Gasteiger partial charge in [0, 0.05) is 22.3 Å². The number of allylic oxidation sites excluding steroid dienone is 2. The number of ketones is 4. The lowest BCUT2D eigenvalue weighted by atomic mass is 9.95. The van der Waals surface area contributed by atoms with Crippen LogP contribution in [0.3, 0.4) is 0 Å². The zero-order chi connectivity index (χ0) is 47.2. The van der Waals surface area contributed by atoms with E-state index >= 15 is 0 Å². The summed E-state index contributed by atoms with van der Waals surface area (Å²) in [4.78, 5) is 94.1. The van der Waals surface area contributed by atoms with Gasteiger partial charge in [-0.15, -0.1) is 22.7 Å². The van der Waals surface area contributed by atoms with Crippen molar-refractivity contribution in [3.63, 3.8) is 0 Å². The van der Waals surface area contributed by atoms with Gasteiger partial charge in [-0.3, -0.25) is 19.2 Å². The standard InChI is InChI=1S/C51H24F4N2O9S2/c52-35-15-25-11-29-30(12-26(25)16-36(35)53)42(59)33(41(29)58)19-39-56-47-45(67-39)46-48(57-40(68-46)20-34-43(60)31-13-27-17-37(54)38(55)18-28(27)14-32(31)44(34)61)66-51(47,49(62)64-21-23-7-3-1-4-8-23)50(63)65-22-24-9-5-2-6-10-24/h1-20H,21-22H2. The van der Waals surface area contributed by atoms with Gasteiger partial charge in [0.25, 0.3) is 0 Å². The molecule has 2 aliphatic carbocycles. The minimum atomic E-state index is -2.84. The predicted octanol–water partition coefficient (Wildman–Crippen LogP) is 10.1. The molecule has 0 amide bonds. The summed E-state index contributed by atoms with van der Waals surface area (Å²) in [6, 6.07) is 25.9. The minimum absolute atomic E-state index is 0.0111. The van der Waals surface area contributed by atoms with Crippen molar-refractivity contribution in [3.05, 3.63) is 193 Å². The maximum Gasteiger partial charge on any atom is 0.369 e. The Kier molecular flexibility index (Phi) is 9.94. The molecule has 0 bridgehead atoms. The summed E-state index contributed by atoms with van der Waals surface area (Å²) in [6.45, 7) is -0.673. The molecule has 3 heterocycles. The van der Waals surface area contributed by atoms with Crippen molar-refractivity contribution < 1.29 is 60.5 Å². The van der Waals surface area contributed by atoms with Crippen molar-refractivity contribution in [3.8, 4) is 15.6 Å². The molecule has 3 aliphatic rings. The van der Waals surface area contributed by atoms with Crippen molar-refractivity contribution in [2.45, 2.75) is 18.8 Å². The summed E-state index contributed by atoms with van der Waals surface area (Å²) in [5, 5.41) is 0.636. The van der Waals surface area contributed by atoms with Gasteiger partial charge in [0.05, 0.1) is 16.0 Å². The van der Waals surface area contributed by atoms with Gasteiger partial charge in [0.15, 0.2) is 46.4 Å². The number of ether oxygens (including phenoxy) is 3. The number of hydrogen-bond acceptors (Lipinski definition) is 13. The number of esters is 2. The quantitative estimate of drug-likeness (QED) is 0.0470. The van der Waals surface area contributed by atoms with Gasteiger partial charge in [0.2, 0.25) is 5.88 Å². The molecule has 6 aromatic carbocycles. The molecule has 11 nitrogen and oxygen atoms in total. The number of hydrogen-bond donors (Lipinski definition) is 0. The van der Waals surface area contributed by atoms with Crippen LogP contribution in [0.25, 0.3) is 43.5 Å². The highest BCUT2D eigenvalue weighted by Gasteiger charge is 2.61. The first-order valence-corrected chi connectivity index (χ1v) is 22.0. The molecule has 1 aliphatic heterocycles. The molecular formula is C51H24F4N2O9S2. The van der Waals surface area contributed by atoms with E-state index in [1.54, 1.807) is 60.7 Å². The van der Waals surface area contributed by atoms with E-state index in [1.165, 1.54) is 30.3 Å². The smallest absolute Gasteiger partial charge is 0.369 e. The lowest BCUT2D eigenvalue weighted by Gasteiger charge is -2.31. The van der Waals surface area contributed by atoms with Gasteiger partial charge in [-0.2, -0.15) is 0 Å². The highest BCUT2D eigenvalue weighted by molar-refractivity contribution is 7.23. The predicted molar refractivity (Wildman–Crippen MR) is 239 cm³/mol. The fourth-order valence-electron chi connectivity index (χ4n) is 8.23. The number of halogens is 4. The number of thiazole rings is 2. The fraction of sp³-hybridized carbons (Fsp3) is 0.0588. The Balaban J connectivity index is 1.04. The Hall–Kier alpha value is -8.28. The van der Waals surface area contributed by atoms with Crippen LogP contribution in [0.1, 0.15) is 68.3 Å². The Bertz CT molecular complexity index is 3500. The third kappa shape index (κ3) is 6.84. The van der Waals surface area contributed by atoms with E-state index in [1.807, 2.05) is 0 Å². The lowest BCUT2D eigenvalue weighted by Crippen LogP contribution is -2.52. The summed E-state index contributed by atoms with van der Waals surface area (Å²) < 4.78 is 74.5. The molecule has 0 saturated carbocycles. The van der Waals surface area contributed by atoms with E-state index in [2.05, 4.69) is 9.97 Å². The van der Waals surface area contributed by atoms with Crippen LogP contribution in [0.4, 0.5) is 17.6 Å². The molecule has 0 radical (unpaired) electrons. The third-order valence-corrected chi connectivity index (χ3v) is 13.7. The van der Waals surface area contributed by atoms with E-state index in [9.17, 15) is 46.3 Å². The van der Waals surface area contributed by atoms with Crippen LogP contribution in [0.15, 0.2) is 120 Å². The number of carbonyl (C=O) groups is 6. The number of benzene rings is 6. The summed E-state index contributed by atoms with van der Waals surface area (Å²) in [5.74, 6) is -10.4. The lowest BCUT2D eigenvalue weighted by molar-refractivity contribution is -0.184. The van der Waals surface area contributed by atoms with Crippen molar-refractivity contribution in [2.75, 3.05) is 0 Å². The van der Waals surface area contributed by atoms with Crippen LogP contribution < -0.4 is 4.74 Å². The number of carbonyl (C=O) groups excluding carboxylic acids is 6. The first-order valence-electron chi connectivity index (χ1n) is 20.4. The van der Waals surface area contributed by atoms with Gasteiger partial charge in [0.1, 0.15) is 33.8 Å². The summed E-state index contributed by atoms with van der Waals surface area (Å²) >= 11 is 1.72. The fourth-order valence-corrected chi connectivity index (χ4v) is 10.3. The Morgan fingerprint density at radius 3 is 1.29 bits per heavy atom. The van der Waals surface area contributed by atoms with Crippen LogP contribution >= 0.6 is 22.7 Å². The molecule has 332 valence electrons. The van der Waals surface area contributed by atoms with Gasteiger partial charge < -0.3 is 14.2 Å². The van der Waals surface area contributed by atoms with Crippen molar-refractivity contribution >= 4 is 91.4 Å². The van der Waals surface area contributed by atoms with Crippen LogP contribution in [0, 0.1) is 23.3 Å². The zero-order valence-electron chi connectivity index (χ0n) is 34.4. The van der Waals surface area contributed by atoms with Crippen LogP contribution in [-0.4, -0.2) is 45.0 Å². The summed E-state index contributed by atoms with van der Waals surface area (Å²) in [5.41, 5.74) is -3.05. The number of fused-ring (bicyclic) bond motifs is 7. The monoisotopic (exact) mass is 948 g/mol. The van der Waals surface area contributed by atoms with Crippen LogP contribution in [0.2, 0.25) is 0 Å². The highest BCUT2D eigenvalue weighted by Crippen LogP contribution is 2.52. The molecule has 8 aromatic rings. The maximum atomic E-state index is 14.7. The van der Waals surface area contributed by atoms with E-state index in [0.717, 1.165) is 53.0 Å². The average molecular weight is 949 g/mol. The largest absolute Gasteiger partial charge is 0.457 e. The minimum Gasteiger partial charge on any atom is -0.457 e. The van der Waals surface area contributed by atoms with Crippen LogP contribution in [-0.2, 0) is 37.9 Å². The molecule has 0 fully saturated rings. The zero-order valence-corrected chi connectivity index (χ0v) is 36.0. The normalized spacial score (nSPS) is 14.4. The van der Waals surface area contributed by atoms with Gasteiger partial charge >= 0.3 is 17.5 Å². The van der Waals surface area contributed by atoms with Crippen molar-refractivity contribution in [1.82, 2.24) is 9.97 Å². The number of Topliss-reactive ketones (excluding diaryl/α,β-unsaturated/α-hetero) is 4. The maximum absolute atomic E-state index is 14.7. The molecular weight excluding hydrogens is 925 g/mol. The SMILES string of the molecule is O=C1C(=Cc2nc3c(s2)-c2sc(C=C4C(=O)c5cc6cc(F)c(F)cc6cc5C4=O)nc2C(C(=O)OCc2ccccc2)(C(=O)OCc2ccccc2)O3)C(=O)c2cc3cc(F)c(F)cc3cc21. The average Bonchev–Trinajstić information content (AvgIpc) is 4.07. The van der Waals surface area contributed by atoms with Gasteiger partial charge in [-0.25, -0.2) is 37.1 Å². The third-order valence-electron chi connectivity index (χ3n) is 11.6. The van der Waals surface area contributed by atoms with E-state index < -0.39 is 63.9 Å². The summed E-state index contributed by atoms with van der Waals surface area (Å²) in [7, 11) is 0. The molecule has 0 N–H and O–H groups in total. The molecule has 2 aromatic heterocycles. The van der Waals surface area contributed by atoms with E-state index in [4.69, 9.17) is 14.2 Å². The molecule has 17 heteroatoms. The second-order valence-electron chi connectivity index (χ2n) is 15.8. The first kappa shape index (κ1) is 42.4. The Morgan fingerprint density at radius 1 is 0.529 bits per heavy atom. The highest BCUT2D eigenvalue weighted by atomic mass is 32.1. The van der Waals surface area contributed by atoms with Crippen LogP contribution in [0.5, 0.6) is 5.88 Å². The number of nitrogens with zero attached hydrogens (tertiary/aromatic N) is 2. The Labute approximate surface area is 387 Å². The molecule has 0 unspecified atom stereocenters. The second kappa shape index (κ2) is 16.0. The summed E-state index contributed by atoms with van der Waals surface area (Å²) in [6.07, 6.45) is 2.34. The molecule has 0 atom stereocenters. The van der Waals surface area contributed by atoms with Crippen molar-refractivity contribution in [2.24, 2.45) is 0 Å². The Morgan fingerprint density at radius 2 is 0.897 bits per heavy atom. The molecule has 11 rings (SSSR count). The number of aromatic nitrogens is 2. The second-order valence-corrected chi connectivity index (χ2v) is 17.8. The molecule has 0 spiro atoms. The van der Waals surface area contributed by atoms with E-state index in [0.29, 0.717) is 11.1 Å².